The molecule has 3 aromatic rings. The molecule has 15 heteroatoms. The number of anilines is 2. The van der Waals surface area contributed by atoms with Crippen LogP contribution in [-0.4, -0.2) is 62.1 Å². The van der Waals surface area contributed by atoms with Crippen molar-refractivity contribution in [2.24, 2.45) is 5.73 Å². The molecule has 2 unspecified atom stereocenters. The molecule has 0 aliphatic heterocycles. The molecule has 0 saturated carbocycles. The highest BCUT2D eigenvalue weighted by molar-refractivity contribution is 7.79. The number of carbonyl (C=O) groups is 4. The summed E-state index contributed by atoms with van der Waals surface area (Å²) in [6.45, 7) is 6.92. The van der Waals surface area contributed by atoms with E-state index in [4.69, 9.17) is 15.2 Å². The molecule has 0 aromatic heterocycles. The number of hydrogen-bond donors (Lipinski definition) is 5. The van der Waals surface area contributed by atoms with E-state index in [1.807, 2.05) is 6.92 Å². The zero-order valence-corrected chi connectivity index (χ0v) is 28.0. The van der Waals surface area contributed by atoms with Gasteiger partial charge in [-0.1, -0.05) is 25.1 Å². The van der Waals surface area contributed by atoms with Crippen LogP contribution in [-0.2, 0) is 44.7 Å². The van der Waals surface area contributed by atoms with Gasteiger partial charge in [-0.15, -0.1) is 0 Å². The molecular formula is C33H39FN4O9S. The predicted molar refractivity (Wildman–Crippen MR) is 177 cm³/mol. The van der Waals surface area contributed by atoms with E-state index >= 15 is 0 Å². The number of carboxylic acid groups (broad SMARTS) is 1. The Kier molecular flexibility index (Phi) is 12.6. The first-order chi connectivity index (χ1) is 22.5. The van der Waals surface area contributed by atoms with E-state index in [1.165, 1.54) is 36.2 Å². The Labute approximate surface area is 279 Å². The quantitative estimate of drug-likeness (QED) is 0.144. The Balaban J connectivity index is 1.67. The number of nitrogens with two attached hydrogens (primary N) is 1. The number of carboxylic acids is 1. The number of carbonyl (C=O) groups excluding carboxylic acids is 3. The van der Waals surface area contributed by atoms with Crippen molar-refractivity contribution in [3.05, 3.63) is 88.2 Å². The Morgan fingerprint density at radius 2 is 1.73 bits per heavy atom. The van der Waals surface area contributed by atoms with Crippen molar-refractivity contribution in [1.82, 2.24) is 4.90 Å². The molecular weight excluding hydrogens is 647 g/mol. The second-order valence-electron chi connectivity index (χ2n) is 11.8. The molecule has 3 rings (SSSR count). The molecule has 0 heterocycles. The van der Waals surface area contributed by atoms with E-state index in [9.17, 15) is 37.4 Å². The smallest absolute Gasteiger partial charge is 0.411 e. The normalized spacial score (nSPS) is 12.4. The van der Waals surface area contributed by atoms with Crippen molar-refractivity contribution in [3.8, 4) is 0 Å². The Morgan fingerprint density at radius 3 is 2.33 bits per heavy atom. The number of benzene rings is 3. The van der Waals surface area contributed by atoms with Gasteiger partial charge in [-0.25, -0.2) is 23.0 Å². The number of hydrogen-bond acceptors (Lipinski definition) is 8. The molecule has 6 N–H and O–H groups in total. The van der Waals surface area contributed by atoms with Crippen LogP contribution in [0.25, 0.3) is 0 Å². The second kappa shape index (κ2) is 16.2. The van der Waals surface area contributed by atoms with Crippen LogP contribution in [0.15, 0.2) is 59.5 Å². The highest BCUT2D eigenvalue weighted by Crippen LogP contribution is 2.26. The molecule has 3 aromatic carbocycles. The first-order valence-electron chi connectivity index (χ1n) is 14.8. The molecule has 0 spiro atoms. The van der Waals surface area contributed by atoms with Gasteiger partial charge in [-0.3, -0.25) is 10.1 Å². The van der Waals surface area contributed by atoms with Crippen LogP contribution in [0.4, 0.5) is 25.4 Å². The summed E-state index contributed by atoms with van der Waals surface area (Å²) in [6.07, 6.45) is -0.602. The Bertz CT molecular complexity index is 1710. The lowest BCUT2D eigenvalue weighted by Gasteiger charge is -2.25. The minimum Gasteiger partial charge on any atom is -0.479 e. The van der Waals surface area contributed by atoms with E-state index < -0.39 is 52.6 Å². The van der Waals surface area contributed by atoms with Gasteiger partial charge in [0.05, 0.1) is 23.7 Å². The molecule has 0 bridgehead atoms. The van der Waals surface area contributed by atoms with Crippen molar-refractivity contribution in [1.29, 1.82) is 0 Å². The van der Waals surface area contributed by atoms with Crippen molar-refractivity contribution >= 4 is 46.5 Å². The number of ether oxygens (including phenoxy) is 2. The summed E-state index contributed by atoms with van der Waals surface area (Å²) in [5.74, 6) is -2.81. The van der Waals surface area contributed by atoms with Crippen molar-refractivity contribution in [2.75, 3.05) is 24.3 Å². The lowest BCUT2D eigenvalue weighted by atomic mass is 9.96. The van der Waals surface area contributed by atoms with Crippen molar-refractivity contribution in [3.63, 3.8) is 0 Å². The number of aliphatic carboxylic acids is 1. The third kappa shape index (κ3) is 10.5. The Hall–Kier alpha value is -5.02. The monoisotopic (exact) mass is 686 g/mol. The number of nitrogens with one attached hydrogen (secondary N) is 2. The van der Waals surface area contributed by atoms with Crippen LogP contribution in [0.2, 0.25) is 0 Å². The minimum absolute atomic E-state index is 0.0153. The van der Waals surface area contributed by atoms with E-state index in [0.29, 0.717) is 24.0 Å². The van der Waals surface area contributed by atoms with Crippen LogP contribution in [0.3, 0.4) is 0 Å². The second-order valence-corrected chi connectivity index (χ2v) is 12.7. The summed E-state index contributed by atoms with van der Waals surface area (Å²) in [5, 5.41) is 15.1. The van der Waals surface area contributed by atoms with Gasteiger partial charge in [0, 0.05) is 24.7 Å². The zero-order chi connectivity index (χ0) is 35.8. The fourth-order valence-electron chi connectivity index (χ4n) is 4.65. The highest BCUT2D eigenvalue weighted by atomic mass is 32.2. The highest BCUT2D eigenvalue weighted by Gasteiger charge is 2.24. The maximum absolute atomic E-state index is 14.4. The first kappa shape index (κ1) is 37.4. The molecule has 0 aliphatic carbocycles. The van der Waals surface area contributed by atoms with Crippen LogP contribution in [0, 0.1) is 5.82 Å². The minimum atomic E-state index is -2.35. The van der Waals surface area contributed by atoms with Gasteiger partial charge in [0.2, 0.25) is 5.91 Å². The fourth-order valence-corrected chi connectivity index (χ4v) is 5.18. The third-order valence-corrected chi connectivity index (χ3v) is 7.73. The summed E-state index contributed by atoms with van der Waals surface area (Å²) >= 11 is -2.35. The van der Waals surface area contributed by atoms with Gasteiger partial charge >= 0.3 is 18.2 Å². The van der Waals surface area contributed by atoms with E-state index in [1.54, 1.807) is 39.0 Å². The number of aryl methyl sites for hydroxylation is 1. The summed E-state index contributed by atoms with van der Waals surface area (Å²) in [5.41, 5.74) is 6.85. The van der Waals surface area contributed by atoms with Gasteiger partial charge < -0.3 is 35.1 Å². The number of amides is 3. The Morgan fingerprint density at radius 1 is 1.02 bits per heavy atom. The summed E-state index contributed by atoms with van der Waals surface area (Å²) in [4.78, 5) is 50.0. The summed E-state index contributed by atoms with van der Waals surface area (Å²) < 4.78 is 46.7. The van der Waals surface area contributed by atoms with Crippen LogP contribution in [0.5, 0.6) is 0 Å². The standard InChI is InChI=1S/C33H39FN4O9S/c1-6-19-15-21(28(30(40)41)37-26-17-22(29(35)39)9-11-25(26)34)8-7-20(19)13-14-46-31(42)36-24-10-12-27(48(44)45)23(16-24)18-38(5)32(43)47-33(2,3)4/h7-12,15-17,28,37H,6,13-14,18H2,1-5H3,(H2,35,39)(H,36,42)(H,40,41)(H,44,45). The molecule has 3 amide bonds. The van der Waals surface area contributed by atoms with Gasteiger partial charge in [0.1, 0.15) is 11.4 Å². The van der Waals surface area contributed by atoms with E-state index in [2.05, 4.69) is 10.6 Å². The number of halogens is 1. The average molecular weight is 687 g/mol. The molecule has 2 atom stereocenters. The topological polar surface area (TPSA) is 198 Å². The lowest BCUT2D eigenvalue weighted by Crippen LogP contribution is -2.34. The van der Waals surface area contributed by atoms with Crippen LogP contribution in [0.1, 0.15) is 66.3 Å². The van der Waals surface area contributed by atoms with E-state index in [0.717, 1.165) is 23.3 Å². The first-order valence-corrected chi connectivity index (χ1v) is 15.9. The third-order valence-electron chi connectivity index (χ3n) is 6.95. The number of rotatable bonds is 13. The molecule has 0 radical (unpaired) electrons. The fraction of sp³-hybridized carbons (Fsp3) is 0.333. The number of primary amides is 1. The van der Waals surface area contributed by atoms with Gasteiger partial charge in [-0.05, 0) is 85.8 Å². The van der Waals surface area contributed by atoms with Crippen LogP contribution < -0.4 is 16.4 Å². The van der Waals surface area contributed by atoms with Gasteiger partial charge in [0.15, 0.2) is 17.1 Å². The molecule has 0 aliphatic rings. The SMILES string of the molecule is CCc1cc(C(Nc2cc(C(N)=O)ccc2F)C(=O)O)ccc1CCOC(=O)Nc1ccc(S(=O)O)c(CN(C)C(=O)OC(C)(C)C)c1. The average Bonchev–Trinajstić information content (AvgIpc) is 2.99. The maximum atomic E-state index is 14.4. The zero-order valence-electron chi connectivity index (χ0n) is 27.2. The number of nitrogens with zero attached hydrogens (tertiary/aromatic N) is 1. The predicted octanol–water partition coefficient (Wildman–Crippen LogP) is 5.46. The molecule has 0 saturated heterocycles. The van der Waals surface area contributed by atoms with Gasteiger partial charge in [0.25, 0.3) is 0 Å². The van der Waals surface area contributed by atoms with E-state index in [-0.39, 0.29) is 35.0 Å². The van der Waals surface area contributed by atoms with Crippen LogP contribution >= 0.6 is 0 Å². The largest absolute Gasteiger partial charge is 0.479 e. The van der Waals surface area contributed by atoms with Crippen molar-refractivity contribution < 1.29 is 46.9 Å². The van der Waals surface area contributed by atoms with Gasteiger partial charge in [-0.2, -0.15) is 0 Å². The summed E-state index contributed by atoms with van der Waals surface area (Å²) in [7, 11) is 1.48. The summed E-state index contributed by atoms with van der Waals surface area (Å²) in [6, 6.07) is 11.2. The molecule has 13 nitrogen and oxygen atoms in total. The lowest BCUT2D eigenvalue weighted by molar-refractivity contribution is -0.138. The molecule has 48 heavy (non-hydrogen) atoms. The maximum Gasteiger partial charge on any atom is 0.411 e. The molecule has 258 valence electrons. The molecule has 0 fully saturated rings. The van der Waals surface area contributed by atoms with Crippen molar-refractivity contribution in [2.45, 2.75) is 63.6 Å².